The Morgan fingerprint density at radius 2 is 1.92 bits per heavy atom. The maximum absolute atomic E-state index is 12.6. The Balaban J connectivity index is 1.96. The van der Waals surface area contributed by atoms with Crippen molar-refractivity contribution in [3.8, 4) is 0 Å². The van der Waals surface area contributed by atoms with Crippen molar-refractivity contribution >= 4 is 16.1 Å². The zero-order chi connectivity index (χ0) is 17.6. The van der Waals surface area contributed by atoms with Crippen LogP contribution >= 0.6 is 0 Å². The van der Waals surface area contributed by atoms with E-state index >= 15 is 0 Å². The van der Waals surface area contributed by atoms with Crippen molar-refractivity contribution in [1.29, 1.82) is 0 Å². The topological polar surface area (TPSA) is 69.7 Å². The molecule has 1 aromatic rings. The number of carbonyl (C=O) groups is 1. The van der Waals surface area contributed by atoms with E-state index in [9.17, 15) is 13.2 Å². The molecule has 6 nitrogen and oxygen atoms in total. The summed E-state index contributed by atoms with van der Waals surface area (Å²) in [7, 11) is -3.47. The first-order chi connectivity index (χ1) is 11.5. The molecule has 2 rings (SSSR count). The number of hydrogen-bond acceptors (Lipinski definition) is 3. The summed E-state index contributed by atoms with van der Waals surface area (Å²) in [6.45, 7) is 5.77. The van der Waals surface area contributed by atoms with E-state index in [0.29, 0.717) is 32.6 Å². The molecule has 0 saturated carbocycles. The first-order valence-electron chi connectivity index (χ1n) is 8.55. The minimum absolute atomic E-state index is 0.0710. The van der Waals surface area contributed by atoms with Gasteiger partial charge in [-0.1, -0.05) is 44.2 Å². The molecule has 1 aliphatic rings. The highest BCUT2D eigenvalue weighted by molar-refractivity contribution is 7.86. The molecule has 0 radical (unpaired) electrons. The molecule has 1 amide bonds. The Kier molecular flexibility index (Phi) is 6.77. The molecule has 134 valence electrons. The fourth-order valence-electron chi connectivity index (χ4n) is 3.01. The highest BCUT2D eigenvalue weighted by atomic mass is 32.2. The molecule has 0 aromatic heterocycles. The first kappa shape index (κ1) is 18.9. The van der Waals surface area contributed by atoms with Gasteiger partial charge >= 0.3 is 0 Å². The van der Waals surface area contributed by atoms with Gasteiger partial charge in [-0.2, -0.15) is 17.0 Å². The molecule has 1 N–H and O–H groups in total. The fourth-order valence-corrected chi connectivity index (χ4v) is 4.72. The van der Waals surface area contributed by atoms with E-state index in [2.05, 4.69) is 5.32 Å². The standard InChI is InChI=1S/C17H27N3O3S/c1-3-19(4-2)24(22,23)20-12-8-11-16(14-20)17(21)18-13-15-9-6-5-7-10-15/h5-7,9-10,16H,3-4,8,11-14H2,1-2H3,(H,18,21). The summed E-state index contributed by atoms with van der Waals surface area (Å²) in [6, 6.07) is 9.71. The highest BCUT2D eigenvalue weighted by Crippen LogP contribution is 2.21. The third kappa shape index (κ3) is 4.55. The van der Waals surface area contributed by atoms with E-state index < -0.39 is 10.2 Å². The summed E-state index contributed by atoms with van der Waals surface area (Å²) in [5.41, 5.74) is 1.04. The SMILES string of the molecule is CCN(CC)S(=O)(=O)N1CCCC(C(=O)NCc2ccccc2)C1. The summed E-state index contributed by atoms with van der Waals surface area (Å²) < 4.78 is 28.1. The lowest BCUT2D eigenvalue weighted by molar-refractivity contribution is -0.126. The molecule has 0 spiro atoms. The number of nitrogens with zero attached hydrogens (tertiary/aromatic N) is 2. The summed E-state index contributed by atoms with van der Waals surface area (Å²) in [6.07, 6.45) is 1.44. The van der Waals surface area contributed by atoms with Crippen molar-refractivity contribution in [2.45, 2.75) is 33.2 Å². The van der Waals surface area contributed by atoms with Crippen LogP contribution in [0.2, 0.25) is 0 Å². The van der Waals surface area contributed by atoms with Gasteiger partial charge in [0.05, 0.1) is 5.92 Å². The Hall–Kier alpha value is -1.44. The first-order valence-corrected chi connectivity index (χ1v) is 9.95. The molecule has 1 saturated heterocycles. The number of carbonyl (C=O) groups excluding carboxylic acids is 1. The summed E-state index contributed by atoms with van der Waals surface area (Å²) in [5.74, 6) is -0.355. The molecule has 1 atom stereocenters. The predicted octanol–water partition coefficient (Wildman–Crippen LogP) is 1.60. The molecule has 0 aliphatic carbocycles. The van der Waals surface area contributed by atoms with Crippen molar-refractivity contribution < 1.29 is 13.2 Å². The predicted molar refractivity (Wildman–Crippen MR) is 94.4 cm³/mol. The Morgan fingerprint density at radius 3 is 2.54 bits per heavy atom. The van der Waals surface area contributed by atoms with Gasteiger partial charge < -0.3 is 5.32 Å². The maximum atomic E-state index is 12.6. The molecule has 0 bridgehead atoms. The van der Waals surface area contributed by atoms with Gasteiger partial charge in [0.15, 0.2) is 0 Å². The Labute approximate surface area is 145 Å². The quantitative estimate of drug-likeness (QED) is 0.809. The van der Waals surface area contributed by atoms with Gasteiger partial charge in [0.1, 0.15) is 0 Å². The van der Waals surface area contributed by atoms with Gasteiger partial charge in [0.2, 0.25) is 5.91 Å². The van der Waals surface area contributed by atoms with Gasteiger partial charge in [-0.15, -0.1) is 0 Å². The molecule has 1 fully saturated rings. The summed E-state index contributed by atoms with van der Waals surface area (Å²) in [5, 5.41) is 2.92. The van der Waals surface area contributed by atoms with Crippen molar-refractivity contribution in [2.75, 3.05) is 26.2 Å². The second kappa shape index (κ2) is 8.60. The third-order valence-corrected chi connectivity index (χ3v) is 6.58. The molecule has 1 unspecified atom stereocenters. The summed E-state index contributed by atoms with van der Waals surface area (Å²) in [4.78, 5) is 12.4. The Bertz CT molecular complexity index is 630. The summed E-state index contributed by atoms with van der Waals surface area (Å²) >= 11 is 0. The van der Waals surface area contributed by atoms with Gasteiger partial charge in [0, 0.05) is 32.7 Å². The van der Waals surface area contributed by atoms with Gasteiger partial charge in [-0.3, -0.25) is 4.79 Å². The average molecular weight is 353 g/mol. The lowest BCUT2D eigenvalue weighted by Gasteiger charge is -2.34. The lowest BCUT2D eigenvalue weighted by atomic mass is 9.99. The van der Waals surface area contributed by atoms with Crippen LogP contribution in [-0.2, 0) is 21.5 Å². The molecular weight excluding hydrogens is 326 g/mol. The van der Waals surface area contributed by atoms with E-state index in [4.69, 9.17) is 0 Å². The number of rotatable bonds is 7. The molecule has 24 heavy (non-hydrogen) atoms. The molecule has 1 heterocycles. The Morgan fingerprint density at radius 1 is 1.25 bits per heavy atom. The molecular formula is C17H27N3O3S. The maximum Gasteiger partial charge on any atom is 0.281 e. The van der Waals surface area contributed by atoms with E-state index in [1.54, 1.807) is 0 Å². The van der Waals surface area contributed by atoms with Crippen LogP contribution in [0.4, 0.5) is 0 Å². The molecule has 1 aromatic carbocycles. The minimum Gasteiger partial charge on any atom is -0.352 e. The zero-order valence-corrected chi connectivity index (χ0v) is 15.3. The van der Waals surface area contributed by atoms with Crippen LogP contribution in [0.25, 0.3) is 0 Å². The number of piperidine rings is 1. The number of amides is 1. The van der Waals surface area contributed by atoms with Crippen LogP contribution in [0, 0.1) is 5.92 Å². The zero-order valence-electron chi connectivity index (χ0n) is 14.4. The van der Waals surface area contributed by atoms with Crippen LogP contribution < -0.4 is 5.32 Å². The second-order valence-electron chi connectivity index (χ2n) is 5.99. The minimum atomic E-state index is -3.47. The van der Waals surface area contributed by atoms with Crippen LogP contribution in [0.3, 0.4) is 0 Å². The van der Waals surface area contributed by atoms with Crippen molar-refractivity contribution in [3.05, 3.63) is 35.9 Å². The van der Waals surface area contributed by atoms with E-state index in [1.807, 2.05) is 44.2 Å². The van der Waals surface area contributed by atoms with E-state index in [-0.39, 0.29) is 18.4 Å². The van der Waals surface area contributed by atoms with Crippen molar-refractivity contribution in [2.24, 2.45) is 5.92 Å². The van der Waals surface area contributed by atoms with Gasteiger partial charge in [-0.25, -0.2) is 0 Å². The highest BCUT2D eigenvalue weighted by Gasteiger charge is 2.34. The van der Waals surface area contributed by atoms with E-state index in [1.165, 1.54) is 8.61 Å². The van der Waals surface area contributed by atoms with Crippen molar-refractivity contribution in [1.82, 2.24) is 13.9 Å². The largest absolute Gasteiger partial charge is 0.352 e. The third-order valence-electron chi connectivity index (χ3n) is 4.42. The van der Waals surface area contributed by atoms with Crippen LogP contribution in [0.5, 0.6) is 0 Å². The fraction of sp³-hybridized carbons (Fsp3) is 0.588. The number of hydrogen-bond donors (Lipinski definition) is 1. The number of nitrogens with one attached hydrogen (secondary N) is 1. The second-order valence-corrected chi connectivity index (χ2v) is 7.92. The molecule has 1 aliphatic heterocycles. The monoisotopic (exact) mass is 353 g/mol. The normalized spacial score (nSPS) is 19.4. The van der Waals surface area contributed by atoms with Gasteiger partial charge in [-0.05, 0) is 18.4 Å². The van der Waals surface area contributed by atoms with E-state index in [0.717, 1.165) is 12.0 Å². The van der Waals surface area contributed by atoms with Crippen LogP contribution in [-0.4, -0.2) is 49.1 Å². The van der Waals surface area contributed by atoms with Crippen LogP contribution in [0.1, 0.15) is 32.3 Å². The van der Waals surface area contributed by atoms with Crippen molar-refractivity contribution in [3.63, 3.8) is 0 Å². The molecule has 7 heteroatoms. The van der Waals surface area contributed by atoms with Crippen LogP contribution in [0.15, 0.2) is 30.3 Å². The van der Waals surface area contributed by atoms with Gasteiger partial charge in [0.25, 0.3) is 10.2 Å². The lowest BCUT2D eigenvalue weighted by Crippen LogP contribution is -2.50. The average Bonchev–Trinajstić information content (AvgIpc) is 2.61. The smallest absolute Gasteiger partial charge is 0.281 e. The number of benzene rings is 1.